The van der Waals surface area contributed by atoms with Crippen molar-refractivity contribution >= 4 is 23.3 Å². The van der Waals surface area contributed by atoms with Crippen LogP contribution in [0.5, 0.6) is 0 Å². The molecule has 0 fully saturated rings. The van der Waals surface area contributed by atoms with Crippen LogP contribution in [0.2, 0.25) is 0 Å². The SMILES string of the molecule is COCCn1cc(NC(=O)C2CC(C(=O)O)=NO2)cn1. The van der Waals surface area contributed by atoms with Crippen molar-refractivity contribution in [3.05, 3.63) is 12.4 Å². The summed E-state index contributed by atoms with van der Waals surface area (Å²) in [7, 11) is 1.59. The van der Waals surface area contributed by atoms with Crippen molar-refractivity contribution in [2.24, 2.45) is 5.16 Å². The Morgan fingerprint density at radius 1 is 1.65 bits per heavy atom. The molecular formula is C11H14N4O5. The number of nitrogens with one attached hydrogen (secondary N) is 1. The summed E-state index contributed by atoms with van der Waals surface area (Å²) in [6, 6.07) is 0. The van der Waals surface area contributed by atoms with Gasteiger partial charge in [-0.25, -0.2) is 4.79 Å². The molecule has 1 unspecified atom stereocenters. The zero-order valence-electron chi connectivity index (χ0n) is 10.8. The van der Waals surface area contributed by atoms with Crippen molar-refractivity contribution in [3.63, 3.8) is 0 Å². The van der Waals surface area contributed by atoms with E-state index in [1.54, 1.807) is 18.0 Å². The van der Waals surface area contributed by atoms with Gasteiger partial charge in [0.2, 0.25) is 6.10 Å². The molecule has 9 heteroatoms. The zero-order valence-corrected chi connectivity index (χ0v) is 10.8. The number of carbonyl (C=O) groups is 2. The monoisotopic (exact) mass is 282 g/mol. The van der Waals surface area contributed by atoms with Crippen LogP contribution in [0.1, 0.15) is 6.42 Å². The van der Waals surface area contributed by atoms with Gasteiger partial charge in [-0.05, 0) is 0 Å². The van der Waals surface area contributed by atoms with E-state index in [0.29, 0.717) is 18.8 Å². The van der Waals surface area contributed by atoms with E-state index in [1.807, 2.05) is 0 Å². The molecule has 0 aliphatic carbocycles. The first-order valence-corrected chi connectivity index (χ1v) is 5.88. The number of carboxylic acids is 1. The summed E-state index contributed by atoms with van der Waals surface area (Å²) in [5.41, 5.74) is 0.333. The summed E-state index contributed by atoms with van der Waals surface area (Å²) >= 11 is 0. The van der Waals surface area contributed by atoms with Gasteiger partial charge >= 0.3 is 5.97 Å². The van der Waals surface area contributed by atoms with Crippen molar-refractivity contribution < 1.29 is 24.3 Å². The predicted molar refractivity (Wildman–Crippen MR) is 67.3 cm³/mol. The molecule has 1 amide bonds. The number of nitrogens with zero attached hydrogens (tertiary/aromatic N) is 3. The topological polar surface area (TPSA) is 115 Å². The Bertz CT molecular complexity index is 539. The fourth-order valence-corrected chi connectivity index (χ4v) is 1.60. The second-order valence-corrected chi connectivity index (χ2v) is 4.12. The summed E-state index contributed by atoms with van der Waals surface area (Å²) in [5.74, 6) is -1.65. The van der Waals surface area contributed by atoms with Crippen molar-refractivity contribution in [3.8, 4) is 0 Å². The van der Waals surface area contributed by atoms with E-state index < -0.39 is 18.0 Å². The maximum atomic E-state index is 11.8. The number of hydrogen-bond donors (Lipinski definition) is 2. The van der Waals surface area contributed by atoms with Gasteiger partial charge in [0.15, 0.2) is 5.71 Å². The van der Waals surface area contributed by atoms with E-state index in [0.717, 1.165) is 0 Å². The van der Waals surface area contributed by atoms with E-state index >= 15 is 0 Å². The average molecular weight is 282 g/mol. The Morgan fingerprint density at radius 2 is 2.45 bits per heavy atom. The van der Waals surface area contributed by atoms with Crippen molar-refractivity contribution in [1.29, 1.82) is 0 Å². The van der Waals surface area contributed by atoms with Gasteiger partial charge in [-0.15, -0.1) is 0 Å². The molecule has 0 spiro atoms. The van der Waals surface area contributed by atoms with E-state index in [2.05, 4.69) is 15.6 Å². The van der Waals surface area contributed by atoms with Crippen LogP contribution in [0, 0.1) is 0 Å². The van der Waals surface area contributed by atoms with Crippen LogP contribution in [0.25, 0.3) is 0 Å². The molecule has 108 valence electrons. The number of oxime groups is 1. The number of hydrogen-bond acceptors (Lipinski definition) is 6. The van der Waals surface area contributed by atoms with Crippen LogP contribution in [0.3, 0.4) is 0 Å². The van der Waals surface area contributed by atoms with Gasteiger partial charge in [0.05, 0.1) is 25.0 Å². The van der Waals surface area contributed by atoms with Gasteiger partial charge in [-0.1, -0.05) is 5.16 Å². The molecule has 9 nitrogen and oxygen atoms in total. The molecule has 1 atom stereocenters. The number of aliphatic carboxylic acids is 1. The summed E-state index contributed by atoms with van der Waals surface area (Å²) in [6.07, 6.45) is 2.15. The third kappa shape index (κ3) is 3.32. The van der Waals surface area contributed by atoms with Crippen LogP contribution < -0.4 is 5.32 Å². The first-order valence-electron chi connectivity index (χ1n) is 5.88. The number of aromatic nitrogens is 2. The number of amides is 1. The normalized spacial score (nSPS) is 17.4. The van der Waals surface area contributed by atoms with Gasteiger partial charge in [0.1, 0.15) is 0 Å². The van der Waals surface area contributed by atoms with E-state index in [1.165, 1.54) is 6.20 Å². The molecule has 2 heterocycles. The number of rotatable bonds is 6. The number of methoxy groups -OCH3 is 1. The lowest BCUT2D eigenvalue weighted by molar-refractivity contribution is -0.129. The lowest BCUT2D eigenvalue weighted by Crippen LogP contribution is -2.28. The second-order valence-electron chi connectivity index (χ2n) is 4.12. The molecule has 2 rings (SSSR count). The molecule has 0 bridgehead atoms. The number of carboxylic acid groups (broad SMARTS) is 1. The maximum absolute atomic E-state index is 11.8. The minimum Gasteiger partial charge on any atom is -0.477 e. The zero-order chi connectivity index (χ0) is 14.5. The van der Waals surface area contributed by atoms with Crippen LogP contribution >= 0.6 is 0 Å². The van der Waals surface area contributed by atoms with Crippen LogP contribution in [-0.4, -0.2) is 52.3 Å². The highest BCUT2D eigenvalue weighted by Gasteiger charge is 2.31. The van der Waals surface area contributed by atoms with Gasteiger partial charge in [-0.3, -0.25) is 9.48 Å². The highest BCUT2D eigenvalue weighted by molar-refractivity contribution is 6.36. The highest BCUT2D eigenvalue weighted by Crippen LogP contribution is 2.14. The molecule has 0 aromatic carbocycles. The Labute approximate surface area is 114 Å². The molecule has 1 aromatic rings. The quantitative estimate of drug-likeness (QED) is 0.740. The standard InChI is InChI=1S/C11H14N4O5/c1-19-3-2-15-6-7(5-12-15)13-10(16)9-4-8(11(17)18)14-20-9/h5-6,9H,2-4H2,1H3,(H,13,16)(H,17,18). The van der Waals surface area contributed by atoms with Crippen LogP contribution in [-0.2, 0) is 25.7 Å². The fourth-order valence-electron chi connectivity index (χ4n) is 1.60. The van der Waals surface area contributed by atoms with Crippen LogP contribution in [0.15, 0.2) is 17.5 Å². The van der Waals surface area contributed by atoms with Crippen LogP contribution in [0.4, 0.5) is 5.69 Å². The fraction of sp³-hybridized carbons (Fsp3) is 0.455. The van der Waals surface area contributed by atoms with Crippen molar-refractivity contribution in [2.75, 3.05) is 19.0 Å². The average Bonchev–Trinajstić information content (AvgIpc) is 3.05. The maximum Gasteiger partial charge on any atom is 0.353 e. The third-order valence-corrected chi connectivity index (χ3v) is 2.63. The minimum absolute atomic E-state index is 0.0566. The largest absolute Gasteiger partial charge is 0.477 e. The Hall–Kier alpha value is -2.42. The Kier molecular flexibility index (Phi) is 4.31. The van der Waals surface area contributed by atoms with E-state index in [-0.39, 0.29) is 12.1 Å². The molecule has 1 aliphatic heterocycles. The first kappa shape index (κ1) is 14.0. The molecule has 0 radical (unpaired) electrons. The molecule has 1 aliphatic rings. The van der Waals surface area contributed by atoms with Gasteiger partial charge < -0.3 is 20.0 Å². The lowest BCUT2D eigenvalue weighted by Gasteiger charge is -2.07. The Morgan fingerprint density at radius 3 is 3.10 bits per heavy atom. The van der Waals surface area contributed by atoms with E-state index in [4.69, 9.17) is 14.7 Å². The summed E-state index contributed by atoms with van der Waals surface area (Å²) in [5, 5.41) is 18.7. The molecule has 1 aromatic heterocycles. The Balaban J connectivity index is 1.86. The molecule has 20 heavy (non-hydrogen) atoms. The number of carbonyl (C=O) groups excluding carboxylic acids is 1. The summed E-state index contributed by atoms with van der Waals surface area (Å²) in [6.45, 7) is 1.08. The first-order chi connectivity index (χ1) is 9.60. The summed E-state index contributed by atoms with van der Waals surface area (Å²) in [4.78, 5) is 27.3. The third-order valence-electron chi connectivity index (χ3n) is 2.63. The molecule has 0 saturated heterocycles. The number of anilines is 1. The molecule has 0 saturated carbocycles. The smallest absolute Gasteiger partial charge is 0.353 e. The lowest BCUT2D eigenvalue weighted by atomic mass is 10.2. The minimum atomic E-state index is -1.19. The van der Waals surface area contributed by atoms with Crippen molar-refractivity contribution in [2.45, 2.75) is 19.1 Å². The van der Waals surface area contributed by atoms with Gasteiger partial charge in [0.25, 0.3) is 5.91 Å². The number of ether oxygens (including phenoxy) is 1. The van der Waals surface area contributed by atoms with Gasteiger partial charge in [0, 0.05) is 19.7 Å². The molecular weight excluding hydrogens is 268 g/mol. The second kappa shape index (κ2) is 6.15. The highest BCUT2D eigenvalue weighted by atomic mass is 16.6. The molecule has 2 N–H and O–H groups in total. The van der Waals surface area contributed by atoms with Gasteiger partial charge in [-0.2, -0.15) is 5.10 Å². The predicted octanol–water partition coefficient (Wildman–Crippen LogP) is -0.302. The van der Waals surface area contributed by atoms with Crippen molar-refractivity contribution in [1.82, 2.24) is 9.78 Å². The van der Waals surface area contributed by atoms with E-state index in [9.17, 15) is 9.59 Å². The summed E-state index contributed by atoms with van der Waals surface area (Å²) < 4.78 is 6.53.